The van der Waals surface area contributed by atoms with Crippen molar-refractivity contribution in [2.24, 2.45) is 0 Å². The predicted octanol–water partition coefficient (Wildman–Crippen LogP) is 3.66. The van der Waals surface area contributed by atoms with Gasteiger partial charge in [0.25, 0.3) is 5.91 Å². The predicted molar refractivity (Wildman–Crippen MR) is 97.1 cm³/mol. The molecule has 1 fully saturated rings. The van der Waals surface area contributed by atoms with Crippen molar-refractivity contribution in [3.63, 3.8) is 0 Å². The summed E-state index contributed by atoms with van der Waals surface area (Å²) in [5.41, 5.74) is 0.815. The van der Waals surface area contributed by atoms with Crippen molar-refractivity contribution >= 4 is 16.7 Å². The van der Waals surface area contributed by atoms with Crippen LogP contribution >= 0.6 is 0 Å². The Morgan fingerprint density at radius 1 is 1.03 bits per heavy atom. The summed E-state index contributed by atoms with van der Waals surface area (Å²) in [6.45, 7) is 0.489. The van der Waals surface area contributed by atoms with Crippen LogP contribution in [0.4, 0.5) is 13.2 Å². The molecule has 0 aliphatic carbocycles. The summed E-state index contributed by atoms with van der Waals surface area (Å²) in [4.78, 5) is 12.6. The number of hydrogen-bond acceptors (Lipinski definition) is 5. The summed E-state index contributed by atoms with van der Waals surface area (Å²) in [6.07, 6.45) is -4.04. The lowest BCUT2D eigenvalue weighted by atomic mass is 9.98. The number of benzene rings is 2. The molecular weight excluding hydrogens is 411 g/mol. The van der Waals surface area contributed by atoms with Crippen molar-refractivity contribution in [1.29, 1.82) is 0 Å². The molecule has 10 heteroatoms. The summed E-state index contributed by atoms with van der Waals surface area (Å²) in [7, 11) is -1.76. The molecule has 1 heterocycles. The number of halogens is 3. The number of amides is 1. The van der Waals surface area contributed by atoms with Gasteiger partial charge in [0, 0.05) is 18.1 Å². The third-order valence-electron chi connectivity index (χ3n) is 4.63. The molecule has 1 atom stereocenters. The Kier molecular flexibility index (Phi) is 6.25. The first-order chi connectivity index (χ1) is 13.8. The third-order valence-corrected chi connectivity index (χ3v) is 6.63. The lowest BCUT2D eigenvalue weighted by Gasteiger charge is -2.33. The van der Waals surface area contributed by atoms with Crippen LogP contribution in [0.1, 0.15) is 18.4 Å². The number of nitrogens with one attached hydrogen (secondary N) is 1. The molecule has 2 aromatic rings. The first kappa shape index (κ1) is 21.3. The van der Waals surface area contributed by atoms with Crippen molar-refractivity contribution in [1.82, 2.24) is 5.48 Å². The highest BCUT2D eigenvalue weighted by molar-refractivity contribution is 7.87. The lowest BCUT2D eigenvalue weighted by molar-refractivity contribution is -0.137. The van der Waals surface area contributed by atoms with E-state index in [4.69, 9.17) is 14.7 Å². The Labute approximate surface area is 167 Å². The topological polar surface area (TPSA) is 84.9 Å². The molecule has 1 saturated heterocycles. The second-order valence-corrected chi connectivity index (χ2v) is 8.20. The molecule has 0 saturated carbocycles. The third kappa shape index (κ3) is 4.60. The lowest BCUT2D eigenvalue weighted by Crippen LogP contribution is -2.52. The van der Waals surface area contributed by atoms with Gasteiger partial charge in [0.1, 0.15) is 16.2 Å². The number of hydroxylamine groups is 1. The molecule has 0 bridgehead atoms. The van der Waals surface area contributed by atoms with E-state index in [1.165, 1.54) is 36.4 Å². The average molecular weight is 429 g/mol. The van der Waals surface area contributed by atoms with Gasteiger partial charge in [-0.1, -0.05) is 0 Å². The molecule has 1 amide bonds. The van der Waals surface area contributed by atoms with E-state index in [0.717, 1.165) is 12.1 Å². The van der Waals surface area contributed by atoms with Crippen molar-refractivity contribution in [2.45, 2.75) is 28.7 Å². The van der Waals surface area contributed by atoms with Crippen molar-refractivity contribution < 1.29 is 36.9 Å². The molecule has 3 rings (SSSR count). The summed E-state index contributed by atoms with van der Waals surface area (Å²) >= 11 is 0. The molecule has 1 aliphatic rings. The van der Waals surface area contributed by atoms with Crippen LogP contribution in [0.5, 0.6) is 11.5 Å². The monoisotopic (exact) mass is 429 g/mol. The fourth-order valence-corrected chi connectivity index (χ4v) is 4.59. The number of hydrogen-bond donors (Lipinski definition) is 2. The Morgan fingerprint density at radius 2 is 1.55 bits per heavy atom. The van der Waals surface area contributed by atoms with Crippen molar-refractivity contribution in [2.75, 3.05) is 13.2 Å². The van der Waals surface area contributed by atoms with E-state index in [9.17, 15) is 22.2 Å². The molecule has 2 N–H and O–H groups in total. The minimum absolute atomic E-state index is 0.190. The van der Waals surface area contributed by atoms with Crippen LogP contribution in [0.25, 0.3) is 0 Å². The first-order valence-corrected chi connectivity index (χ1v) is 9.80. The van der Waals surface area contributed by atoms with Gasteiger partial charge in [-0.3, -0.25) is 14.2 Å². The van der Waals surface area contributed by atoms with Crippen LogP contribution in [0, 0.1) is 0 Å². The van der Waals surface area contributed by atoms with Crippen LogP contribution in [0.15, 0.2) is 53.4 Å². The van der Waals surface area contributed by atoms with Crippen LogP contribution in [-0.4, -0.2) is 33.3 Å². The van der Waals surface area contributed by atoms with E-state index in [-0.39, 0.29) is 31.8 Å². The summed E-state index contributed by atoms with van der Waals surface area (Å²) in [5.74, 6) is -0.185. The van der Waals surface area contributed by atoms with E-state index in [2.05, 4.69) is 0 Å². The summed E-state index contributed by atoms with van der Waals surface area (Å²) < 4.78 is 60.3. The molecule has 2 aromatic carbocycles. The van der Waals surface area contributed by atoms with Crippen LogP contribution in [-0.2, 0) is 26.5 Å². The molecule has 29 heavy (non-hydrogen) atoms. The molecule has 6 nitrogen and oxygen atoms in total. The van der Waals surface area contributed by atoms with Gasteiger partial charge in [0.05, 0.1) is 16.4 Å². The highest BCUT2D eigenvalue weighted by atomic mass is 32.2. The average Bonchev–Trinajstić information content (AvgIpc) is 2.73. The Hall–Kier alpha value is -2.43. The van der Waals surface area contributed by atoms with E-state index in [1.54, 1.807) is 5.48 Å². The van der Waals surface area contributed by atoms with Gasteiger partial charge in [0.2, 0.25) is 0 Å². The fraction of sp³-hybridized carbons (Fsp3) is 0.316. The van der Waals surface area contributed by atoms with Crippen LogP contribution in [0.2, 0.25) is 0 Å². The minimum atomic E-state index is -4.43. The molecule has 0 radical (unpaired) electrons. The van der Waals surface area contributed by atoms with E-state index in [1.807, 2.05) is 0 Å². The van der Waals surface area contributed by atoms with E-state index >= 15 is 0 Å². The van der Waals surface area contributed by atoms with Gasteiger partial charge in [-0.25, -0.2) is 5.48 Å². The number of ether oxygens (including phenoxy) is 2. The van der Waals surface area contributed by atoms with E-state index < -0.39 is 33.2 Å². The van der Waals surface area contributed by atoms with Gasteiger partial charge in [-0.15, -0.1) is 0 Å². The van der Waals surface area contributed by atoms with Crippen molar-refractivity contribution in [3.8, 4) is 11.5 Å². The highest BCUT2D eigenvalue weighted by Gasteiger charge is 2.46. The zero-order valence-corrected chi connectivity index (χ0v) is 15.9. The Morgan fingerprint density at radius 3 is 2.03 bits per heavy atom. The smallest absolute Gasteiger partial charge is 0.416 e. The number of rotatable bonds is 5. The first-order valence-electron chi connectivity index (χ1n) is 8.66. The fourth-order valence-electron chi connectivity index (χ4n) is 3.00. The molecule has 1 aliphatic heterocycles. The number of alkyl halides is 3. The molecule has 0 spiro atoms. The van der Waals surface area contributed by atoms with Gasteiger partial charge >= 0.3 is 6.18 Å². The second kappa shape index (κ2) is 8.52. The van der Waals surface area contributed by atoms with Crippen LogP contribution in [0.3, 0.4) is 0 Å². The highest BCUT2D eigenvalue weighted by Crippen LogP contribution is 2.34. The Balaban J connectivity index is 1.75. The Bertz CT molecular complexity index is 878. The van der Waals surface area contributed by atoms with Gasteiger partial charge < -0.3 is 9.47 Å². The zero-order chi connectivity index (χ0) is 21.1. The SMILES string of the molecule is O=C(NO)C1(S(=O)c2ccc(Oc3ccc(C(F)(F)F)cc3)cc2)CCOCC1. The van der Waals surface area contributed by atoms with E-state index in [0.29, 0.717) is 10.6 Å². The van der Waals surface area contributed by atoms with Gasteiger partial charge in [0.15, 0.2) is 0 Å². The maximum Gasteiger partial charge on any atom is 0.416 e. The van der Waals surface area contributed by atoms with Gasteiger partial charge in [-0.2, -0.15) is 13.2 Å². The maximum absolute atomic E-state index is 13.1. The van der Waals surface area contributed by atoms with Crippen LogP contribution < -0.4 is 10.2 Å². The van der Waals surface area contributed by atoms with Gasteiger partial charge in [-0.05, 0) is 61.4 Å². The summed E-state index contributed by atoms with van der Waals surface area (Å²) in [5, 5.41) is 9.06. The second-order valence-electron chi connectivity index (χ2n) is 6.41. The zero-order valence-electron chi connectivity index (χ0n) is 15.1. The number of carbonyl (C=O) groups is 1. The quantitative estimate of drug-likeness (QED) is 0.560. The maximum atomic E-state index is 13.1. The standard InChI is InChI=1S/C19H18F3NO5S/c20-19(21,22)13-1-3-14(4-2-13)28-15-5-7-16(8-6-15)29(26)18(17(24)23-25)9-11-27-12-10-18/h1-8,25H,9-12H2,(H,23,24). The molecular formula is C19H18F3NO5S. The van der Waals surface area contributed by atoms with Crippen molar-refractivity contribution in [3.05, 3.63) is 54.1 Å². The summed E-state index contributed by atoms with van der Waals surface area (Å²) in [6, 6.07) is 10.3. The molecule has 156 valence electrons. The minimum Gasteiger partial charge on any atom is -0.457 e. The molecule has 1 unspecified atom stereocenters. The molecule has 0 aromatic heterocycles. The largest absolute Gasteiger partial charge is 0.457 e. The normalized spacial score (nSPS) is 17.4. The number of carbonyl (C=O) groups excluding carboxylic acids is 1.